The predicted molar refractivity (Wildman–Crippen MR) is 87.4 cm³/mol. The zero-order valence-corrected chi connectivity index (χ0v) is 13.7. The lowest BCUT2D eigenvalue weighted by Gasteiger charge is -2.24. The number of aryl methyl sites for hydroxylation is 1. The highest BCUT2D eigenvalue weighted by molar-refractivity contribution is 7.92. The van der Waals surface area contributed by atoms with E-state index < -0.39 is 15.8 Å². The summed E-state index contributed by atoms with van der Waals surface area (Å²) in [6.07, 6.45) is 0.504. The van der Waals surface area contributed by atoms with E-state index in [0.29, 0.717) is 18.0 Å². The quantitative estimate of drug-likeness (QED) is 0.746. The maximum atomic E-state index is 13.1. The summed E-state index contributed by atoms with van der Waals surface area (Å²) in [5.74, 6) is -0.0602. The molecule has 2 rings (SSSR count). The topological polar surface area (TPSA) is 37.4 Å². The van der Waals surface area contributed by atoms with Gasteiger partial charge in [-0.25, -0.2) is 12.8 Å². The van der Waals surface area contributed by atoms with Crippen molar-refractivity contribution in [3.05, 3.63) is 59.9 Å². The minimum absolute atomic E-state index is 0.206. The van der Waals surface area contributed by atoms with Gasteiger partial charge in [0.05, 0.1) is 10.6 Å². The van der Waals surface area contributed by atoms with Gasteiger partial charge in [0.2, 0.25) is 0 Å². The Kier molecular flexibility index (Phi) is 5.42. The van der Waals surface area contributed by atoms with Crippen molar-refractivity contribution in [2.24, 2.45) is 0 Å². The molecule has 0 aliphatic rings. The normalized spacial score (nSPS) is 11.4. The van der Waals surface area contributed by atoms with Crippen molar-refractivity contribution in [3.63, 3.8) is 0 Å². The summed E-state index contributed by atoms with van der Waals surface area (Å²) in [6, 6.07) is 12.0. The van der Waals surface area contributed by atoms with Crippen LogP contribution in [0.5, 0.6) is 0 Å². The summed E-state index contributed by atoms with van der Waals surface area (Å²) in [5.41, 5.74) is 1.40. The number of anilines is 1. The summed E-state index contributed by atoms with van der Waals surface area (Å²) >= 11 is 5.69. The van der Waals surface area contributed by atoms with Crippen LogP contribution in [0.3, 0.4) is 0 Å². The fourth-order valence-electron chi connectivity index (χ4n) is 2.04. The molecular weight excluding hydrogens is 325 g/mol. The Morgan fingerprint density at radius 3 is 2.18 bits per heavy atom. The molecule has 0 bridgehead atoms. The van der Waals surface area contributed by atoms with Crippen LogP contribution in [0.15, 0.2) is 53.4 Å². The van der Waals surface area contributed by atoms with Crippen LogP contribution in [-0.2, 0) is 10.0 Å². The second-order valence-electron chi connectivity index (χ2n) is 4.91. The van der Waals surface area contributed by atoms with E-state index in [2.05, 4.69) is 0 Å². The highest BCUT2D eigenvalue weighted by Gasteiger charge is 2.24. The zero-order valence-electron chi connectivity index (χ0n) is 12.2. The second-order valence-corrected chi connectivity index (χ2v) is 7.15. The summed E-state index contributed by atoms with van der Waals surface area (Å²) in [6.45, 7) is 2.13. The van der Waals surface area contributed by atoms with Gasteiger partial charge in [0.1, 0.15) is 5.82 Å². The molecule has 0 atom stereocenters. The summed E-state index contributed by atoms with van der Waals surface area (Å²) < 4.78 is 40.0. The van der Waals surface area contributed by atoms with Gasteiger partial charge in [-0.3, -0.25) is 4.31 Å². The average Bonchev–Trinajstić information content (AvgIpc) is 2.49. The van der Waals surface area contributed by atoms with Crippen LogP contribution in [0.4, 0.5) is 10.1 Å². The lowest BCUT2D eigenvalue weighted by molar-refractivity contribution is 0.589. The molecule has 3 nitrogen and oxygen atoms in total. The molecule has 0 amide bonds. The number of benzene rings is 2. The minimum atomic E-state index is -3.70. The molecule has 22 heavy (non-hydrogen) atoms. The van der Waals surface area contributed by atoms with E-state index in [-0.39, 0.29) is 11.4 Å². The highest BCUT2D eigenvalue weighted by Crippen LogP contribution is 2.24. The molecular formula is C16H17ClFNO2S. The van der Waals surface area contributed by atoms with Gasteiger partial charge in [0, 0.05) is 12.4 Å². The lowest BCUT2D eigenvalue weighted by Crippen LogP contribution is -2.32. The number of hydrogen-bond acceptors (Lipinski definition) is 2. The maximum Gasteiger partial charge on any atom is 0.264 e. The molecule has 2 aromatic rings. The first-order valence-corrected chi connectivity index (χ1v) is 8.83. The van der Waals surface area contributed by atoms with Crippen molar-refractivity contribution in [3.8, 4) is 0 Å². The van der Waals surface area contributed by atoms with Crippen LogP contribution >= 0.6 is 11.6 Å². The Hall–Kier alpha value is -1.59. The van der Waals surface area contributed by atoms with Gasteiger partial charge in [-0.05, 0) is 49.7 Å². The third-order valence-corrected chi connectivity index (χ3v) is 5.33. The van der Waals surface area contributed by atoms with E-state index in [1.54, 1.807) is 24.3 Å². The van der Waals surface area contributed by atoms with E-state index in [1.807, 2.05) is 6.92 Å². The van der Waals surface area contributed by atoms with Crippen LogP contribution in [0.25, 0.3) is 0 Å². The first-order chi connectivity index (χ1) is 10.4. The largest absolute Gasteiger partial charge is 0.266 e. The Bertz CT molecular complexity index is 715. The standard InChI is InChI=1S/C16H17ClFNO2S/c1-13-3-9-16(10-4-13)22(20,21)19(12-2-11-17)15-7-5-14(18)6-8-15/h3-10H,2,11-12H2,1H3. The van der Waals surface area contributed by atoms with Crippen LogP contribution in [-0.4, -0.2) is 20.8 Å². The van der Waals surface area contributed by atoms with E-state index >= 15 is 0 Å². The highest BCUT2D eigenvalue weighted by atomic mass is 35.5. The predicted octanol–water partition coefficient (Wildman–Crippen LogP) is 3.96. The molecule has 0 unspecified atom stereocenters. The number of nitrogens with zero attached hydrogens (tertiary/aromatic N) is 1. The maximum absolute atomic E-state index is 13.1. The molecule has 0 radical (unpaired) electrons. The van der Waals surface area contributed by atoms with Gasteiger partial charge in [-0.15, -0.1) is 11.6 Å². The molecule has 0 aromatic heterocycles. The number of hydrogen-bond donors (Lipinski definition) is 0. The molecule has 0 aliphatic carbocycles. The van der Waals surface area contributed by atoms with Crippen LogP contribution in [0.1, 0.15) is 12.0 Å². The van der Waals surface area contributed by atoms with Gasteiger partial charge in [-0.2, -0.15) is 0 Å². The zero-order chi connectivity index (χ0) is 16.2. The van der Waals surface area contributed by atoms with Crippen molar-refractivity contribution >= 4 is 27.3 Å². The smallest absolute Gasteiger partial charge is 0.264 e. The third kappa shape index (κ3) is 3.78. The van der Waals surface area contributed by atoms with E-state index in [1.165, 1.54) is 28.6 Å². The third-order valence-electron chi connectivity index (χ3n) is 3.22. The van der Waals surface area contributed by atoms with Crippen LogP contribution in [0, 0.1) is 12.7 Å². The van der Waals surface area contributed by atoms with Crippen molar-refractivity contribution in [2.75, 3.05) is 16.7 Å². The molecule has 0 heterocycles. The van der Waals surface area contributed by atoms with Crippen molar-refractivity contribution < 1.29 is 12.8 Å². The van der Waals surface area contributed by atoms with E-state index in [4.69, 9.17) is 11.6 Å². The first kappa shape index (κ1) is 16.8. The van der Waals surface area contributed by atoms with Gasteiger partial charge in [0.15, 0.2) is 0 Å². The Labute approximate surface area is 135 Å². The van der Waals surface area contributed by atoms with Gasteiger partial charge < -0.3 is 0 Å². The molecule has 118 valence electrons. The fraction of sp³-hybridized carbons (Fsp3) is 0.250. The van der Waals surface area contributed by atoms with Crippen LogP contribution in [0.2, 0.25) is 0 Å². The van der Waals surface area contributed by atoms with Gasteiger partial charge >= 0.3 is 0 Å². The minimum Gasteiger partial charge on any atom is -0.266 e. The molecule has 0 fully saturated rings. The monoisotopic (exact) mass is 341 g/mol. The van der Waals surface area contributed by atoms with E-state index in [0.717, 1.165) is 5.56 Å². The summed E-state index contributed by atoms with van der Waals surface area (Å²) in [5, 5.41) is 0. The first-order valence-electron chi connectivity index (χ1n) is 6.86. The Morgan fingerprint density at radius 1 is 1.05 bits per heavy atom. The number of halogens is 2. The van der Waals surface area contributed by atoms with Crippen molar-refractivity contribution in [2.45, 2.75) is 18.2 Å². The number of rotatable bonds is 6. The number of sulfonamides is 1. The Morgan fingerprint density at radius 2 is 1.64 bits per heavy atom. The number of alkyl halides is 1. The molecule has 0 saturated heterocycles. The van der Waals surface area contributed by atoms with Crippen LogP contribution < -0.4 is 4.31 Å². The molecule has 0 spiro atoms. The SMILES string of the molecule is Cc1ccc(S(=O)(=O)N(CCCCl)c2ccc(F)cc2)cc1. The average molecular weight is 342 g/mol. The van der Waals surface area contributed by atoms with Gasteiger partial charge in [-0.1, -0.05) is 17.7 Å². The second kappa shape index (κ2) is 7.11. The van der Waals surface area contributed by atoms with Gasteiger partial charge in [0.25, 0.3) is 10.0 Å². The van der Waals surface area contributed by atoms with Crippen molar-refractivity contribution in [1.82, 2.24) is 0 Å². The molecule has 2 aromatic carbocycles. The Balaban J connectivity index is 2.43. The van der Waals surface area contributed by atoms with Crippen molar-refractivity contribution in [1.29, 1.82) is 0 Å². The molecule has 0 saturated carbocycles. The summed E-state index contributed by atoms with van der Waals surface area (Å²) in [4.78, 5) is 0.206. The molecule has 0 aliphatic heterocycles. The van der Waals surface area contributed by atoms with E-state index in [9.17, 15) is 12.8 Å². The fourth-order valence-corrected chi connectivity index (χ4v) is 3.66. The molecule has 6 heteroatoms. The molecule has 0 N–H and O–H groups in total. The summed E-state index contributed by atoms with van der Waals surface area (Å²) in [7, 11) is -3.70. The lowest BCUT2D eigenvalue weighted by atomic mass is 10.2.